The first-order valence-corrected chi connectivity index (χ1v) is 6.49. The van der Waals surface area contributed by atoms with E-state index < -0.39 is 23.5 Å². The maximum atomic E-state index is 13.3. The summed E-state index contributed by atoms with van der Waals surface area (Å²) in [6, 6.07) is 2.77. The third kappa shape index (κ3) is 3.42. The van der Waals surface area contributed by atoms with Gasteiger partial charge in [-0.3, -0.25) is 0 Å². The molecule has 3 nitrogen and oxygen atoms in total. The Hall–Kier alpha value is -1.80. The first kappa shape index (κ1) is 17.6. The SMILES string of the molecule is Cl.Fc1ccc(-c2nc3c(c(C(F)(F)F)n2)CCNC3)cc1F. The van der Waals surface area contributed by atoms with E-state index in [1.54, 1.807) is 0 Å². The predicted molar refractivity (Wildman–Crippen MR) is 75.0 cm³/mol. The Balaban J connectivity index is 0.00000192. The second-order valence-corrected chi connectivity index (χ2v) is 4.87. The molecule has 0 unspecified atom stereocenters. The van der Waals surface area contributed by atoms with Gasteiger partial charge in [0.25, 0.3) is 0 Å². The second-order valence-electron chi connectivity index (χ2n) is 4.87. The Morgan fingerprint density at radius 2 is 1.78 bits per heavy atom. The van der Waals surface area contributed by atoms with E-state index in [0.717, 1.165) is 18.2 Å². The highest BCUT2D eigenvalue weighted by atomic mass is 35.5. The molecule has 0 radical (unpaired) electrons. The number of benzene rings is 1. The largest absolute Gasteiger partial charge is 0.433 e. The normalized spacial score (nSPS) is 14.1. The van der Waals surface area contributed by atoms with Gasteiger partial charge < -0.3 is 5.32 Å². The van der Waals surface area contributed by atoms with Crippen LogP contribution in [0.4, 0.5) is 22.0 Å². The maximum absolute atomic E-state index is 13.3. The second kappa shape index (κ2) is 6.37. The van der Waals surface area contributed by atoms with Gasteiger partial charge >= 0.3 is 6.18 Å². The van der Waals surface area contributed by atoms with Crippen LogP contribution in [0.3, 0.4) is 0 Å². The van der Waals surface area contributed by atoms with Gasteiger partial charge in [-0.05, 0) is 31.2 Å². The van der Waals surface area contributed by atoms with E-state index in [-0.39, 0.29) is 48.0 Å². The fourth-order valence-corrected chi connectivity index (χ4v) is 2.36. The van der Waals surface area contributed by atoms with Gasteiger partial charge in [-0.25, -0.2) is 18.7 Å². The minimum absolute atomic E-state index is 0. The van der Waals surface area contributed by atoms with Crippen molar-refractivity contribution in [1.29, 1.82) is 0 Å². The van der Waals surface area contributed by atoms with Gasteiger partial charge in [0.2, 0.25) is 0 Å². The number of hydrogen-bond donors (Lipinski definition) is 1. The molecular weight excluding hydrogens is 341 g/mol. The standard InChI is InChI=1S/C14H10F5N3.ClH/c15-9-2-1-7(5-10(9)16)13-21-11-6-20-4-3-8(11)12(22-13)14(17,18)19;/h1-2,5,20H,3-4,6H2;1H. The molecule has 0 saturated carbocycles. The average molecular weight is 352 g/mol. The first-order valence-electron chi connectivity index (χ1n) is 6.49. The van der Waals surface area contributed by atoms with E-state index in [9.17, 15) is 22.0 Å². The number of alkyl halides is 3. The maximum Gasteiger partial charge on any atom is 0.433 e. The van der Waals surface area contributed by atoms with Gasteiger partial charge in [0.05, 0.1) is 5.69 Å². The van der Waals surface area contributed by atoms with Crippen molar-refractivity contribution in [3.63, 3.8) is 0 Å². The summed E-state index contributed by atoms with van der Waals surface area (Å²) in [7, 11) is 0. The van der Waals surface area contributed by atoms with E-state index in [1.165, 1.54) is 0 Å². The van der Waals surface area contributed by atoms with Crippen molar-refractivity contribution in [3.05, 3.63) is 46.8 Å². The summed E-state index contributed by atoms with van der Waals surface area (Å²) in [5.41, 5.74) is -0.734. The summed E-state index contributed by atoms with van der Waals surface area (Å²) in [5, 5.41) is 2.93. The molecule has 0 atom stereocenters. The highest BCUT2D eigenvalue weighted by molar-refractivity contribution is 5.85. The van der Waals surface area contributed by atoms with Crippen LogP contribution < -0.4 is 5.32 Å². The third-order valence-electron chi connectivity index (χ3n) is 3.38. The van der Waals surface area contributed by atoms with Crippen LogP contribution in [-0.2, 0) is 19.1 Å². The summed E-state index contributed by atoms with van der Waals surface area (Å²) in [6.07, 6.45) is -4.46. The van der Waals surface area contributed by atoms with Crippen LogP contribution in [0.2, 0.25) is 0 Å². The molecule has 0 saturated heterocycles. The lowest BCUT2D eigenvalue weighted by Crippen LogP contribution is -2.28. The Kier molecular flexibility index (Phi) is 4.86. The van der Waals surface area contributed by atoms with Crippen LogP contribution in [0, 0.1) is 11.6 Å². The van der Waals surface area contributed by atoms with Gasteiger partial charge in [0.1, 0.15) is 0 Å². The number of fused-ring (bicyclic) bond motifs is 1. The minimum Gasteiger partial charge on any atom is -0.311 e. The highest BCUT2D eigenvalue weighted by Crippen LogP contribution is 2.34. The van der Waals surface area contributed by atoms with Crippen molar-refractivity contribution in [1.82, 2.24) is 15.3 Å². The topological polar surface area (TPSA) is 37.8 Å². The molecule has 2 aromatic rings. The van der Waals surface area contributed by atoms with Crippen LogP contribution in [0.5, 0.6) is 0 Å². The van der Waals surface area contributed by atoms with E-state index in [2.05, 4.69) is 15.3 Å². The summed E-state index contributed by atoms with van der Waals surface area (Å²) < 4.78 is 65.7. The lowest BCUT2D eigenvalue weighted by Gasteiger charge is -2.21. The number of rotatable bonds is 1. The van der Waals surface area contributed by atoms with Gasteiger partial charge in [0.15, 0.2) is 23.2 Å². The smallest absolute Gasteiger partial charge is 0.311 e. The zero-order valence-corrected chi connectivity index (χ0v) is 12.4. The zero-order chi connectivity index (χ0) is 15.9. The number of nitrogens with one attached hydrogen (secondary N) is 1. The van der Waals surface area contributed by atoms with Crippen molar-refractivity contribution < 1.29 is 22.0 Å². The van der Waals surface area contributed by atoms with Crippen molar-refractivity contribution in [2.45, 2.75) is 19.1 Å². The minimum atomic E-state index is -4.63. The fourth-order valence-electron chi connectivity index (χ4n) is 2.36. The quantitative estimate of drug-likeness (QED) is 0.799. The van der Waals surface area contributed by atoms with E-state index in [4.69, 9.17) is 0 Å². The van der Waals surface area contributed by atoms with Crippen LogP contribution in [-0.4, -0.2) is 16.5 Å². The highest BCUT2D eigenvalue weighted by Gasteiger charge is 2.38. The van der Waals surface area contributed by atoms with Crippen LogP contribution in [0.15, 0.2) is 18.2 Å². The van der Waals surface area contributed by atoms with E-state index >= 15 is 0 Å². The molecule has 3 rings (SSSR count). The lowest BCUT2D eigenvalue weighted by molar-refractivity contribution is -0.142. The molecule has 1 aromatic carbocycles. The Labute approximate surface area is 134 Å². The number of nitrogens with zero attached hydrogens (tertiary/aromatic N) is 2. The molecule has 1 aliphatic rings. The summed E-state index contributed by atoms with van der Waals surface area (Å²) in [5.74, 6) is -2.52. The van der Waals surface area contributed by atoms with Gasteiger partial charge in [-0.2, -0.15) is 13.2 Å². The summed E-state index contributed by atoms with van der Waals surface area (Å²) >= 11 is 0. The molecule has 1 aliphatic heterocycles. The van der Waals surface area contributed by atoms with Crippen molar-refractivity contribution >= 4 is 12.4 Å². The van der Waals surface area contributed by atoms with Crippen LogP contribution in [0.1, 0.15) is 17.0 Å². The molecule has 9 heteroatoms. The molecule has 1 N–H and O–H groups in total. The Bertz CT molecular complexity index is 733. The van der Waals surface area contributed by atoms with Gasteiger partial charge in [0, 0.05) is 17.7 Å². The summed E-state index contributed by atoms with van der Waals surface area (Å²) in [4.78, 5) is 7.61. The van der Waals surface area contributed by atoms with Gasteiger partial charge in [-0.15, -0.1) is 12.4 Å². The molecule has 0 spiro atoms. The molecule has 0 fully saturated rings. The predicted octanol–water partition coefficient (Wildman–Crippen LogP) is 3.51. The summed E-state index contributed by atoms with van der Waals surface area (Å²) in [6.45, 7) is 0.585. The third-order valence-corrected chi connectivity index (χ3v) is 3.38. The Morgan fingerprint density at radius 1 is 1.04 bits per heavy atom. The molecule has 0 amide bonds. The molecule has 2 heterocycles. The molecule has 23 heavy (non-hydrogen) atoms. The molecular formula is C14H11ClF5N3. The monoisotopic (exact) mass is 351 g/mol. The van der Waals surface area contributed by atoms with Gasteiger partial charge in [-0.1, -0.05) is 0 Å². The fraction of sp³-hybridized carbons (Fsp3) is 0.286. The van der Waals surface area contributed by atoms with Crippen molar-refractivity contribution in [2.75, 3.05) is 6.54 Å². The molecule has 124 valence electrons. The van der Waals surface area contributed by atoms with Crippen LogP contribution in [0.25, 0.3) is 11.4 Å². The average Bonchev–Trinajstić information content (AvgIpc) is 2.48. The molecule has 0 aliphatic carbocycles. The first-order chi connectivity index (χ1) is 10.4. The van der Waals surface area contributed by atoms with E-state index in [0.29, 0.717) is 6.54 Å². The molecule has 1 aromatic heterocycles. The molecule has 0 bridgehead atoms. The van der Waals surface area contributed by atoms with Crippen molar-refractivity contribution in [3.8, 4) is 11.4 Å². The Morgan fingerprint density at radius 3 is 2.43 bits per heavy atom. The zero-order valence-electron chi connectivity index (χ0n) is 11.5. The van der Waals surface area contributed by atoms with Crippen molar-refractivity contribution in [2.24, 2.45) is 0 Å². The van der Waals surface area contributed by atoms with Crippen LogP contribution >= 0.6 is 12.4 Å². The number of halogens is 6. The number of aromatic nitrogens is 2. The van der Waals surface area contributed by atoms with E-state index in [1.807, 2.05) is 0 Å². The number of hydrogen-bond acceptors (Lipinski definition) is 3. The lowest BCUT2D eigenvalue weighted by atomic mass is 10.0.